The Bertz CT molecular complexity index is 4190. The van der Waals surface area contributed by atoms with Crippen LogP contribution in [0.1, 0.15) is 17.3 Å². The molecule has 12 aromatic rings. The van der Waals surface area contributed by atoms with E-state index in [-0.39, 0.29) is 11.5 Å². The largest absolute Gasteiger partial charge is 0.504 e. The zero-order valence-electron chi connectivity index (χ0n) is 35.0. The molecule has 5 N–H and O–H groups in total. The van der Waals surface area contributed by atoms with Crippen LogP contribution in [0.25, 0.3) is 107 Å². The van der Waals surface area contributed by atoms with Crippen molar-refractivity contribution in [1.29, 1.82) is 0 Å². The fourth-order valence-electron chi connectivity index (χ4n) is 10.4. The first-order valence-electron chi connectivity index (χ1n) is 21.8. The van der Waals surface area contributed by atoms with E-state index in [1.54, 1.807) is 28.7 Å². The molecule has 0 amide bonds. The van der Waals surface area contributed by atoms with Crippen LogP contribution in [0.15, 0.2) is 163 Å². The molecule has 0 saturated heterocycles. The van der Waals surface area contributed by atoms with Crippen LogP contribution in [-0.4, -0.2) is 45.3 Å². The second-order valence-corrected chi connectivity index (χ2v) is 20.4. The summed E-state index contributed by atoms with van der Waals surface area (Å²) in [6.45, 7) is 0. The summed E-state index contributed by atoms with van der Waals surface area (Å²) < 4.78 is 6.78. The van der Waals surface area contributed by atoms with Crippen molar-refractivity contribution in [1.82, 2.24) is 14.5 Å². The number of rotatable bonds is 4. The number of hydrogen-bond acceptors (Lipinski definition) is 10. The summed E-state index contributed by atoms with van der Waals surface area (Å²) in [6.07, 6.45) is 6.83. The molecule has 0 bridgehead atoms. The van der Waals surface area contributed by atoms with Gasteiger partial charge in [-0.15, -0.1) is 34.4 Å². The van der Waals surface area contributed by atoms with E-state index in [2.05, 4.69) is 138 Å². The van der Waals surface area contributed by atoms with Crippen molar-refractivity contribution in [3.05, 3.63) is 169 Å². The van der Waals surface area contributed by atoms with Crippen LogP contribution in [-0.2, 0) is 0 Å². The lowest BCUT2D eigenvalue weighted by Crippen LogP contribution is -2.10. The molecule has 4 aromatic heterocycles. The van der Waals surface area contributed by atoms with Gasteiger partial charge in [0.15, 0.2) is 17.3 Å². The molecule has 11 heteroatoms. The molecule has 8 aromatic carbocycles. The molecular formula is C56H33N3O5S3. The van der Waals surface area contributed by atoms with Crippen molar-refractivity contribution in [2.75, 3.05) is 0 Å². The van der Waals surface area contributed by atoms with Crippen LogP contribution < -0.4 is 0 Å². The third-order valence-corrected chi connectivity index (χ3v) is 17.2. The minimum Gasteiger partial charge on any atom is -0.504 e. The number of aromatic nitrogens is 3. The summed E-state index contributed by atoms with van der Waals surface area (Å²) in [7, 11) is 0. The maximum atomic E-state index is 11.1. The van der Waals surface area contributed by atoms with Crippen LogP contribution in [0, 0.1) is 0 Å². The third kappa shape index (κ3) is 5.41. The van der Waals surface area contributed by atoms with Crippen molar-refractivity contribution in [3.63, 3.8) is 0 Å². The number of hydrogen-bond donors (Lipinski definition) is 5. The number of allylic oxidation sites excluding steroid dienone is 3. The zero-order valence-corrected chi connectivity index (χ0v) is 37.4. The Labute approximate surface area is 392 Å². The van der Waals surface area contributed by atoms with E-state index in [4.69, 9.17) is 9.97 Å². The van der Waals surface area contributed by atoms with Crippen molar-refractivity contribution < 1.29 is 25.5 Å². The Morgan fingerprint density at radius 3 is 1.97 bits per heavy atom. The second-order valence-electron chi connectivity index (χ2n) is 17.1. The van der Waals surface area contributed by atoms with Crippen LogP contribution in [0.2, 0.25) is 0 Å². The first kappa shape index (κ1) is 38.4. The van der Waals surface area contributed by atoms with Gasteiger partial charge in [0.05, 0.1) is 32.5 Å². The van der Waals surface area contributed by atoms with Gasteiger partial charge in [0.2, 0.25) is 17.2 Å². The molecule has 1 aliphatic heterocycles. The minimum atomic E-state index is -1.00. The summed E-state index contributed by atoms with van der Waals surface area (Å²) in [4.78, 5) is 12.0. The molecule has 2 aliphatic rings. The monoisotopic (exact) mass is 923 g/mol. The van der Waals surface area contributed by atoms with E-state index in [0.29, 0.717) is 16.6 Å². The number of benzene rings is 8. The molecule has 67 heavy (non-hydrogen) atoms. The number of nitrogens with zero attached hydrogens (tertiary/aromatic N) is 3. The molecule has 2 unspecified atom stereocenters. The van der Waals surface area contributed by atoms with Crippen molar-refractivity contribution in [2.24, 2.45) is 0 Å². The molecule has 14 rings (SSSR count). The summed E-state index contributed by atoms with van der Waals surface area (Å²) in [5.41, 5.74) is 8.03. The van der Waals surface area contributed by atoms with Gasteiger partial charge >= 0.3 is 0 Å². The SMILES string of the molecule is Oc1c(O)c(O)c(-c2ccc3c(c2)c2c4ccccc4c4sc5ccccc5c4c2n3-c2ccc(-c3nc(C4=CC5c6ccccc6SC5C=C4)nc4c3sc3ccccc34)cc2)c(O)c1O. The highest BCUT2D eigenvalue weighted by Gasteiger charge is 2.33. The van der Waals surface area contributed by atoms with Crippen LogP contribution in [0.5, 0.6) is 28.7 Å². The van der Waals surface area contributed by atoms with Gasteiger partial charge in [-0.05, 0) is 59.0 Å². The Morgan fingerprint density at radius 1 is 0.537 bits per heavy atom. The highest BCUT2D eigenvalue weighted by molar-refractivity contribution is 8.00. The molecular weight excluding hydrogens is 891 g/mol. The van der Waals surface area contributed by atoms with Gasteiger partial charge in [-0.1, -0.05) is 115 Å². The first-order chi connectivity index (χ1) is 32.8. The molecule has 1 aliphatic carbocycles. The third-order valence-electron chi connectivity index (χ3n) is 13.5. The minimum absolute atomic E-state index is 0.200. The number of thioether (sulfide) groups is 1. The average Bonchev–Trinajstić information content (AvgIpc) is 4.14. The Morgan fingerprint density at radius 2 is 1.18 bits per heavy atom. The van der Waals surface area contributed by atoms with Crippen molar-refractivity contribution in [3.8, 4) is 56.8 Å². The second kappa shape index (κ2) is 14.1. The predicted octanol–water partition coefficient (Wildman–Crippen LogP) is 14.5. The van der Waals surface area contributed by atoms with Gasteiger partial charge in [-0.3, -0.25) is 0 Å². The smallest absolute Gasteiger partial charge is 0.208 e. The highest BCUT2D eigenvalue weighted by atomic mass is 32.2. The van der Waals surface area contributed by atoms with Crippen LogP contribution in [0.3, 0.4) is 0 Å². The van der Waals surface area contributed by atoms with Gasteiger partial charge in [-0.2, -0.15) is 0 Å². The topological polar surface area (TPSA) is 132 Å². The molecule has 320 valence electrons. The number of fused-ring (bicyclic) bond motifs is 16. The summed E-state index contributed by atoms with van der Waals surface area (Å²) >= 11 is 5.38. The van der Waals surface area contributed by atoms with Gasteiger partial charge < -0.3 is 30.1 Å². The summed E-state index contributed by atoms with van der Waals surface area (Å²) in [5.74, 6) is -3.40. The number of phenols is 5. The number of aromatic hydroxyl groups is 5. The molecule has 8 nitrogen and oxygen atoms in total. The van der Waals surface area contributed by atoms with E-state index in [9.17, 15) is 25.5 Å². The fourth-order valence-corrected chi connectivity index (χ4v) is 14.2. The first-order valence-corrected chi connectivity index (χ1v) is 24.3. The molecule has 0 saturated carbocycles. The number of phenolic OH excluding ortho intramolecular Hbond substituents is 5. The lowest BCUT2D eigenvalue weighted by molar-refractivity contribution is 0.330. The summed E-state index contributed by atoms with van der Waals surface area (Å²) in [5, 5.41) is 61.2. The normalized spacial score (nSPS) is 15.7. The average molecular weight is 924 g/mol. The predicted molar refractivity (Wildman–Crippen MR) is 275 cm³/mol. The lowest BCUT2D eigenvalue weighted by atomic mass is 9.89. The van der Waals surface area contributed by atoms with E-state index >= 15 is 0 Å². The molecule has 0 spiro atoms. The molecule has 0 fully saturated rings. The maximum absolute atomic E-state index is 11.1. The number of thiophene rings is 2. The summed E-state index contributed by atoms with van der Waals surface area (Å²) in [6, 6.07) is 48.0. The van der Waals surface area contributed by atoms with Gasteiger partial charge in [0.25, 0.3) is 0 Å². The van der Waals surface area contributed by atoms with Crippen LogP contribution in [0.4, 0.5) is 0 Å². The Kier molecular flexibility index (Phi) is 8.08. The van der Waals surface area contributed by atoms with Crippen molar-refractivity contribution >= 4 is 113 Å². The Balaban J connectivity index is 1.01. The van der Waals surface area contributed by atoms with Crippen molar-refractivity contribution in [2.45, 2.75) is 16.1 Å². The van der Waals surface area contributed by atoms with Gasteiger partial charge in [0, 0.05) is 79.3 Å². The zero-order chi connectivity index (χ0) is 44.8. The maximum Gasteiger partial charge on any atom is 0.208 e. The fraction of sp³-hybridized carbons (Fsp3) is 0.0357. The van der Waals surface area contributed by atoms with E-state index in [1.165, 1.54) is 10.5 Å². The standard InChI is InChI=1S/C56H33N3O5S3/c60-49-43(50(61)52(63)53(64)51(49)62)28-19-23-38-37(25-28)44-32-10-1-2-11-33(32)54-45(34-12-4-7-15-40(34)66-54)48(44)59(38)30-21-17-27(18-22-30)46-55-47(35-13-5-8-16-41(35)67-55)58-56(57-46)29-20-24-42-36(26-29)31-9-3-6-14-39(31)65-42/h1-26,36,42,60-64H. The lowest BCUT2D eigenvalue weighted by Gasteiger charge is -2.19. The molecule has 5 heterocycles. The van der Waals surface area contributed by atoms with Crippen LogP contribution >= 0.6 is 34.4 Å². The van der Waals surface area contributed by atoms with E-state index in [0.717, 1.165) is 95.6 Å². The van der Waals surface area contributed by atoms with E-state index in [1.807, 2.05) is 30.0 Å². The highest BCUT2D eigenvalue weighted by Crippen LogP contribution is 2.56. The Hall–Kier alpha value is -7.83. The quantitative estimate of drug-likeness (QED) is 0.0871. The van der Waals surface area contributed by atoms with E-state index < -0.39 is 28.7 Å². The molecule has 2 atom stereocenters. The van der Waals surface area contributed by atoms with Gasteiger partial charge in [0.1, 0.15) is 0 Å². The van der Waals surface area contributed by atoms with Gasteiger partial charge in [-0.25, -0.2) is 9.97 Å². The molecule has 0 radical (unpaired) electrons.